The maximum atomic E-state index is 12.3. The second kappa shape index (κ2) is 5.76. The molecule has 3 atom stereocenters. The van der Waals surface area contributed by atoms with Crippen LogP contribution >= 0.6 is 15.9 Å². The lowest BCUT2D eigenvalue weighted by Gasteiger charge is -2.13. The Bertz CT molecular complexity index is 479. The van der Waals surface area contributed by atoms with Crippen LogP contribution in [0, 0.1) is 11.3 Å². The van der Waals surface area contributed by atoms with Crippen molar-refractivity contribution < 1.29 is 4.79 Å². The molecule has 1 amide bonds. The van der Waals surface area contributed by atoms with Crippen LogP contribution < -0.4 is 10.6 Å². The summed E-state index contributed by atoms with van der Waals surface area (Å²) in [5.41, 5.74) is 1.07. The van der Waals surface area contributed by atoms with Gasteiger partial charge in [-0.05, 0) is 37.3 Å². The number of hydrogen-bond donors (Lipinski definition) is 2. The van der Waals surface area contributed by atoms with Crippen molar-refractivity contribution in [3.05, 3.63) is 30.3 Å². The van der Waals surface area contributed by atoms with E-state index in [0.717, 1.165) is 31.6 Å². The van der Waals surface area contributed by atoms with E-state index in [-0.39, 0.29) is 11.3 Å². The normalized spacial score (nSPS) is 30.6. The quantitative estimate of drug-likeness (QED) is 0.618. The summed E-state index contributed by atoms with van der Waals surface area (Å²) in [6, 6.07) is 10.2. The van der Waals surface area contributed by atoms with Gasteiger partial charge in [-0.2, -0.15) is 0 Å². The van der Waals surface area contributed by atoms with Crippen molar-refractivity contribution in [2.24, 2.45) is 11.3 Å². The van der Waals surface area contributed by atoms with Crippen LogP contribution in [-0.2, 0) is 4.79 Å². The molecule has 2 fully saturated rings. The zero-order chi connectivity index (χ0) is 14.0. The predicted molar refractivity (Wildman–Crippen MR) is 85.0 cm³/mol. The van der Waals surface area contributed by atoms with Gasteiger partial charge in [-0.15, -0.1) is 0 Å². The van der Waals surface area contributed by atoms with E-state index in [4.69, 9.17) is 0 Å². The highest BCUT2D eigenvalue weighted by molar-refractivity contribution is 9.09. The minimum absolute atomic E-state index is 0.0626. The Morgan fingerprint density at radius 1 is 1.30 bits per heavy atom. The number of amides is 1. The summed E-state index contributed by atoms with van der Waals surface area (Å²) in [5, 5.41) is 6.47. The molecule has 0 unspecified atom stereocenters. The number of alkyl halides is 1. The van der Waals surface area contributed by atoms with E-state index in [1.807, 2.05) is 18.2 Å². The summed E-state index contributed by atoms with van der Waals surface area (Å²) in [4.78, 5) is 12.7. The number of halogens is 1. The zero-order valence-electron chi connectivity index (χ0n) is 11.6. The fourth-order valence-electron chi connectivity index (χ4n) is 3.46. The fourth-order valence-corrected chi connectivity index (χ4v) is 4.82. The zero-order valence-corrected chi connectivity index (χ0v) is 13.2. The SMILES string of the molecule is O=C(NCCCNc1ccccc1)[C@@]12CCC[C@@H]1[C@H]2Br. The molecule has 2 saturated carbocycles. The first-order chi connectivity index (χ1) is 9.75. The molecule has 2 aliphatic rings. The molecule has 0 aromatic heterocycles. The van der Waals surface area contributed by atoms with Gasteiger partial charge in [0.05, 0.1) is 5.41 Å². The van der Waals surface area contributed by atoms with Gasteiger partial charge in [0.2, 0.25) is 5.91 Å². The smallest absolute Gasteiger partial charge is 0.227 e. The van der Waals surface area contributed by atoms with Crippen molar-refractivity contribution in [3.63, 3.8) is 0 Å². The van der Waals surface area contributed by atoms with E-state index in [2.05, 4.69) is 38.7 Å². The molecule has 0 aliphatic heterocycles. The Kier molecular flexibility index (Phi) is 4.01. The van der Waals surface area contributed by atoms with Crippen LogP contribution in [0.25, 0.3) is 0 Å². The van der Waals surface area contributed by atoms with Crippen molar-refractivity contribution in [3.8, 4) is 0 Å². The Balaban J connectivity index is 1.35. The van der Waals surface area contributed by atoms with Crippen LogP contribution in [0.1, 0.15) is 25.7 Å². The summed E-state index contributed by atoms with van der Waals surface area (Å²) in [5.74, 6) is 0.853. The third kappa shape index (κ3) is 2.46. The average Bonchev–Trinajstić information content (AvgIpc) is 2.87. The second-order valence-electron chi connectivity index (χ2n) is 5.84. The summed E-state index contributed by atoms with van der Waals surface area (Å²) in [7, 11) is 0. The third-order valence-corrected chi connectivity index (χ3v) is 6.12. The molecule has 0 saturated heterocycles. The predicted octanol–water partition coefficient (Wildman–Crippen LogP) is 3.17. The number of anilines is 1. The van der Waals surface area contributed by atoms with Gasteiger partial charge in [-0.3, -0.25) is 4.79 Å². The number of hydrogen-bond acceptors (Lipinski definition) is 2. The van der Waals surface area contributed by atoms with Crippen LogP contribution in [0.15, 0.2) is 30.3 Å². The van der Waals surface area contributed by atoms with Gasteiger partial charge in [-0.1, -0.05) is 40.5 Å². The molecule has 0 radical (unpaired) electrons. The van der Waals surface area contributed by atoms with E-state index in [1.165, 1.54) is 12.8 Å². The Labute approximate surface area is 128 Å². The highest BCUT2D eigenvalue weighted by atomic mass is 79.9. The number of carbonyl (C=O) groups excluding carboxylic acids is 1. The van der Waals surface area contributed by atoms with Crippen LogP contribution in [0.3, 0.4) is 0 Å². The first-order valence-corrected chi connectivity index (χ1v) is 8.38. The molecule has 4 heteroatoms. The number of para-hydroxylation sites is 1. The molecule has 1 aromatic rings. The first-order valence-electron chi connectivity index (χ1n) is 7.46. The van der Waals surface area contributed by atoms with Gasteiger partial charge in [0.25, 0.3) is 0 Å². The van der Waals surface area contributed by atoms with Gasteiger partial charge >= 0.3 is 0 Å². The first kappa shape index (κ1) is 13.9. The largest absolute Gasteiger partial charge is 0.385 e. The Morgan fingerprint density at radius 2 is 2.10 bits per heavy atom. The molecule has 2 N–H and O–H groups in total. The number of benzene rings is 1. The van der Waals surface area contributed by atoms with Crippen molar-refractivity contribution in [1.82, 2.24) is 5.32 Å². The van der Waals surface area contributed by atoms with Crippen molar-refractivity contribution in [2.75, 3.05) is 18.4 Å². The molecular weight excluding hydrogens is 316 g/mol. The minimum Gasteiger partial charge on any atom is -0.385 e. The van der Waals surface area contributed by atoms with Crippen molar-refractivity contribution in [1.29, 1.82) is 0 Å². The summed E-state index contributed by atoms with van der Waals surface area (Å²) in [6.07, 6.45) is 4.42. The van der Waals surface area contributed by atoms with E-state index >= 15 is 0 Å². The molecule has 20 heavy (non-hydrogen) atoms. The summed E-state index contributed by atoms with van der Waals surface area (Å²) in [6.45, 7) is 1.64. The maximum absolute atomic E-state index is 12.3. The Hall–Kier alpha value is -1.03. The molecule has 1 aromatic carbocycles. The monoisotopic (exact) mass is 336 g/mol. The minimum atomic E-state index is -0.0626. The van der Waals surface area contributed by atoms with Gasteiger partial charge in [-0.25, -0.2) is 0 Å². The average molecular weight is 337 g/mol. The summed E-state index contributed by atoms with van der Waals surface area (Å²) < 4.78 is 0. The molecule has 108 valence electrons. The lowest BCUT2D eigenvalue weighted by molar-refractivity contribution is -0.126. The number of fused-ring (bicyclic) bond motifs is 1. The van der Waals surface area contributed by atoms with Gasteiger partial charge < -0.3 is 10.6 Å². The lowest BCUT2D eigenvalue weighted by atomic mass is 10.0. The highest BCUT2D eigenvalue weighted by Gasteiger charge is 2.69. The molecule has 3 rings (SSSR count). The lowest BCUT2D eigenvalue weighted by Crippen LogP contribution is -2.34. The standard InChI is InChI=1S/C16H21BrN2O/c17-14-13-8-4-9-16(13,14)15(20)19-11-5-10-18-12-6-2-1-3-7-12/h1-3,6-7,13-14,18H,4-5,8-11H2,(H,19,20)/t13-,14-,16+/m1/s1. The highest BCUT2D eigenvalue weighted by Crippen LogP contribution is 2.67. The fraction of sp³-hybridized carbons (Fsp3) is 0.562. The van der Waals surface area contributed by atoms with E-state index in [9.17, 15) is 4.79 Å². The van der Waals surface area contributed by atoms with E-state index < -0.39 is 0 Å². The van der Waals surface area contributed by atoms with Crippen LogP contribution in [0.2, 0.25) is 0 Å². The molecule has 0 bridgehead atoms. The van der Waals surface area contributed by atoms with E-state index in [1.54, 1.807) is 0 Å². The van der Waals surface area contributed by atoms with Gasteiger partial charge in [0.15, 0.2) is 0 Å². The van der Waals surface area contributed by atoms with Gasteiger partial charge in [0, 0.05) is 23.6 Å². The molecule has 0 heterocycles. The van der Waals surface area contributed by atoms with Crippen LogP contribution in [-0.4, -0.2) is 23.8 Å². The molecular formula is C16H21BrN2O. The second-order valence-corrected chi connectivity index (χ2v) is 6.83. The van der Waals surface area contributed by atoms with Crippen LogP contribution in [0.5, 0.6) is 0 Å². The topological polar surface area (TPSA) is 41.1 Å². The molecule has 2 aliphatic carbocycles. The molecule has 0 spiro atoms. The molecule has 3 nitrogen and oxygen atoms in total. The summed E-state index contributed by atoms with van der Waals surface area (Å²) >= 11 is 3.66. The van der Waals surface area contributed by atoms with Crippen molar-refractivity contribution in [2.45, 2.75) is 30.5 Å². The number of carbonyl (C=O) groups is 1. The Morgan fingerprint density at radius 3 is 2.80 bits per heavy atom. The van der Waals surface area contributed by atoms with Crippen LogP contribution in [0.4, 0.5) is 5.69 Å². The van der Waals surface area contributed by atoms with E-state index in [0.29, 0.717) is 10.7 Å². The number of rotatable bonds is 6. The van der Waals surface area contributed by atoms with Gasteiger partial charge in [0.1, 0.15) is 0 Å². The number of nitrogens with one attached hydrogen (secondary N) is 2. The maximum Gasteiger partial charge on any atom is 0.227 e. The van der Waals surface area contributed by atoms with Crippen molar-refractivity contribution >= 4 is 27.5 Å². The third-order valence-electron chi connectivity index (χ3n) is 4.67.